The number of anilines is 1. The van der Waals surface area contributed by atoms with E-state index in [0.29, 0.717) is 24.2 Å². The molecular formula is C26H26N4O3. The number of urea groups is 1. The standard InChI is InChI=1S/C26H26N4O3/c1-26-22-20(19-8-4-5-9-21(19)28-22)14-15-29(26)25(33)30(24(26)32)18-12-10-16(11-13-18)23(31)27-17-6-2-3-7-17/h4-5,8-13,17,28H,2-3,6-7,14-15H2,1H3,(H,27,31)/t26-/m0/s1. The van der Waals surface area contributed by atoms with Crippen LogP contribution in [0.1, 0.15) is 54.2 Å². The van der Waals surface area contributed by atoms with Gasteiger partial charge in [0.1, 0.15) is 0 Å². The Kier molecular flexibility index (Phi) is 4.37. The molecule has 0 radical (unpaired) electrons. The van der Waals surface area contributed by atoms with Gasteiger partial charge in [0.15, 0.2) is 5.54 Å². The van der Waals surface area contributed by atoms with Crippen molar-refractivity contribution in [3.63, 3.8) is 0 Å². The van der Waals surface area contributed by atoms with E-state index in [1.807, 2.05) is 25.1 Å². The highest BCUT2D eigenvalue weighted by molar-refractivity contribution is 6.23. The van der Waals surface area contributed by atoms with E-state index in [0.717, 1.165) is 47.8 Å². The summed E-state index contributed by atoms with van der Waals surface area (Å²) in [7, 11) is 0. The number of benzene rings is 2. The molecule has 7 heteroatoms. The summed E-state index contributed by atoms with van der Waals surface area (Å²) in [5, 5.41) is 4.17. The van der Waals surface area contributed by atoms with Gasteiger partial charge in [-0.25, -0.2) is 9.69 Å². The monoisotopic (exact) mass is 442 g/mol. The van der Waals surface area contributed by atoms with E-state index >= 15 is 0 Å². The Balaban J connectivity index is 1.32. The van der Waals surface area contributed by atoms with Crippen LogP contribution in [0.3, 0.4) is 0 Å². The predicted molar refractivity (Wildman–Crippen MR) is 125 cm³/mol. The highest BCUT2D eigenvalue weighted by Gasteiger charge is 2.59. The van der Waals surface area contributed by atoms with Crippen molar-refractivity contribution in [3.8, 4) is 0 Å². The molecule has 1 aliphatic carbocycles. The molecule has 2 aliphatic heterocycles. The van der Waals surface area contributed by atoms with Crippen LogP contribution in [-0.4, -0.2) is 40.3 Å². The number of amides is 4. The Morgan fingerprint density at radius 2 is 1.79 bits per heavy atom. The molecule has 2 aromatic carbocycles. The Morgan fingerprint density at radius 1 is 1.06 bits per heavy atom. The SMILES string of the molecule is C[C@]12C(=O)N(c3ccc(C(=O)NC4CCCC4)cc3)C(=O)N1CCc1c2[nH]c2ccccc12. The lowest BCUT2D eigenvalue weighted by molar-refractivity contribution is -0.125. The maximum Gasteiger partial charge on any atom is 0.332 e. The topological polar surface area (TPSA) is 85.5 Å². The first-order valence-electron chi connectivity index (χ1n) is 11.7. The van der Waals surface area contributed by atoms with Crippen LogP contribution in [0, 0.1) is 0 Å². The van der Waals surface area contributed by atoms with E-state index in [1.54, 1.807) is 29.2 Å². The average Bonchev–Trinajstić information content (AvgIpc) is 3.51. The molecule has 1 saturated heterocycles. The number of carbonyl (C=O) groups is 3. The Morgan fingerprint density at radius 3 is 2.55 bits per heavy atom. The van der Waals surface area contributed by atoms with Crippen molar-refractivity contribution in [1.29, 1.82) is 0 Å². The lowest BCUT2D eigenvalue weighted by atomic mass is 9.87. The van der Waals surface area contributed by atoms with Gasteiger partial charge in [-0.1, -0.05) is 31.0 Å². The third-order valence-corrected chi connectivity index (χ3v) is 7.55. The summed E-state index contributed by atoms with van der Waals surface area (Å²) >= 11 is 0. The largest absolute Gasteiger partial charge is 0.356 e. The zero-order valence-electron chi connectivity index (χ0n) is 18.6. The quantitative estimate of drug-likeness (QED) is 0.600. The van der Waals surface area contributed by atoms with Crippen LogP contribution >= 0.6 is 0 Å². The summed E-state index contributed by atoms with van der Waals surface area (Å²) in [5.41, 5.74) is 2.81. The Hall–Kier alpha value is -3.61. The molecule has 2 fully saturated rings. The van der Waals surface area contributed by atoms with Gasteiger partial charge in [0.05, 0.1) is 11.4 Å². The van der Waals surface area contributed by atoms with Gasteiger partial charge in [0.25, 0.3) is 11.8 Å². The number of para-hydroxylation sites is 1. The maximum atomic E-state index is 13.7. The first-order chi connectivity index (χ1) is 16.0. The van der Waals surface area contributed by atoms with E-state index in [9.17, 15) is 14.4 Å². The second kappa shape index (κ2) is 7.20. The number of imide groups is 1. The van der Waals surface area contributed by atoms with Crippen LogP contribution < -0.4 is 10.2 Å². The van der Waals surface area contributed by atoms with E-state index < -0.39 is 5.54 Å². The lowest BCUT2D eigenvalue weighted by Gasteiger charge is -2.35. The number of nitrogens with one attached hydrogen (secondary N) is 2. The minimum Gasteiger partial charge on any atom is -0.356 e. The van der Waals surface area contributed by atoms with Crippen molar-refractivity contribution >= 4 is 34.4 Å². The summed E-state index contributed by atoms with van der Waals surface area (Å²) in [6, 6.07) is 14.7. The molecule has 33 heavy (non-hydrogen) atoms. The van der Waals surface area contributed by atoms with Crippen molar-refractivity contribution in [3.05, 3.63) is 65.4 Å². The maximum absolute atomic E-state index is 13.7. The second-order valence-electron chi connectivity index (χ2n) is 9.42. The molecule has 1 atom stereocenters. The van der Waals surface area contributed by atoms with E-state index in [4.69, 9.17) is 0 Å². The third kappa shape index (κ3) is 2.84. The number of H-pyrrole nitrogens is 1. The van der Waals surface area contributed by atoms with Crippen molar-refractivity contribution in [2.45, 2.75) is 50.6 Å². The molecule has 1 saturated carbocycles. The molecule has 3 aliphatic rings. The molecule has 0 spiro atoms. The molecule has 1 aromatic heterocycles. The number of carbonyl (C=O) groups excluding carboxylic acids is 3. The summed E-state index contributed by atoms with van der Waals surface area (Å²) in [6.45, 7) is 2.30. The Bertz CT molecular complexity index is 1290. The first-order valence-corrected chi connectivity index (χ1v) is 11.7. The fourth-order valence-corrected chi connectivity index (χ4v) is 5.72. The smallest absolute Gasteiger partial charge is 0.332 e. The first kappa shape index (κ1) is 20.0. The van der Waals surface area contributed by atoms with E-state index in [-0.39, 0.29) is 23.9 Å². The van der Waals surface area contributed by atoms with Crippen LogP contribution in [0.25, 0.3) is 10.9 Å². The van der Waals surface area contributed by atoms with Crippen molar-refractivity contribution in [2.24, 2.45) is 0 Å². The zero-order valence-corrected chi connectivity index (χ0v) is 18.6. The second-order valence-corrected chi connectivity index (χ2v) is 9.42. The molecule has 4 amide bonds. The number of aromatic nitrogens is 1. The molecular weight excluding hydrogens is 416 g/mol. The lowest BCUT2D eigenvalue weighted by Crippen LogP contribution is -2.49. The fraction of sp³-hybridized carbons (Fsp3) is 0.346. The molecule has 3 aromatic rings. The van der Waals surface area contributed by atoms with Gasteiger partial charge in [0, 0.05) is 29.1 Å². The molecule has 0 unspecified atom stereocenters. The van der Waals surface area contributed by atoms with Crippen molar-refractivity contribution < 1.29 is 14.4 Å². The van der Waals surface area contributed by atoms with Crippen LogP contribution in [0.4, 0.5) is 10.5 Å². The zero-order chi connectivity index (χ0) is 22.7. The minimum absolute atomic E-state index is 0.111. The van der Waals surface area contributed by atoms with Crippen LogP contribution in [0.5, 0.6) is 0 Å². The van der Waals surface area contributed by atoms with Gasteiger partial charge in [0.2, 0.25) is 0 Å². The third-order valence-electron chi connectivity index (χ3n) is 7.55. The van der Waals surface area contributed by atoms with Gasteiger partial charge in [-0.05, 0) is 62.1 Å². The Labute approximate surface area is 191 Å². The van der Waals surface area contributed by atoms with Crippen molar-refractivity contribution in [2.75, 3.05) is 11.4 Å². The van der Waals surface area contributed by atoms with Gasteiger partial charge >= 0.3 is 6.03 Å². The molecule has 7 nitrogen and oxygen atoms in total. The number of hydrogen-bond acceptors (Lipinski definition) is 3. The number of hydrogen-bond donors (Lipinski definition) is 2. The molecule has 3 heterocycles. The average molecular weight is 443 g/mol. The van der Waals surface area contributed by atoms with Crippen LogP contribution in [0.15, 0.2) is 48.5 Å². The number of fused-ring (bicyclic) bond motifs is 5. The highest BCUT2D eigenvalue weighted by Crippen LogP contribution is 2.45. The minimum atomic E-state index is -1.08. The normalized spacial score (nSPS) is 22.7. The van der Waals surface area contributed by atoms with Crippen molar-refractivity contribution in [1.82, 2.24) is 15.2 Å². The van der Waals surface area contributed by atoms with Crippen LogP contribution in [-0.2, 0) is 16.8 Å². The molecule has 0 bridgehead atoms. The predicted octanol–water partition coefficient (Wildman–Crippen LogP) is 4.08. The summed E-state index contributed by atoms with van der Waals surface area (Å²) in [5.74, 6) is -0.386. The van der Waals surface area contributed by atoms with E-state index in [1.165, 1.54) is 4.90 Å². The summed E-state index contributed by atoms with van der Waals surface area (Å²) in [4.78, 5) is 46.0. The fourth-order valence-electron chi connectivity index (χ4n) is 5.72. The van der Waals surface area contributed by atoms with Gasteiger partial charge in [-0.15, -0.1) is 0 Å². The van der Waals surface area contributed by atoms with Gasteiger partial charge in [-0.2, -0.15) is 0 Å². The van der Waals surface area contributed by atoms with E-state index in [2.05, 4.69) is 16.4 Å². The molecule has 168 valence electrons. The van der Waals surface area contributed by atoms with Gasteiger partial charge in [-0.3, -0.25) is 9.59 Å². The van der Waals surface area contributed by atoms with Gasteiger partial charge < -0.3 is 15.2 Å². The summed E-state index contributed by atoms with van der Waals surface area (Å²) in [6.07, 6.45) is 5.03. The highest BCUT2D eigenvalue weighted by atomic mass is 16.2. The number of nitrogens with zero attached hydrogens (tertiary/aromatic N) is 2. The summed E-state index contributed by atoms with van der Waals surface area (Å²) < 4.78 is 0. The molecule has 2 N–H and O–H groups in total. The number of rotatable bonds is 3. The number of aromatic amines is 1. The molecule has 6 rings (SSSR count). The van der Waals surface area contributed by atoms with Crippen LogP contribution in [0.2, 0.25) is 0 Å².